The Labute approximate surface area is 119 Å². The maximum Gasteiger partial charge on any atom is 0.335 e. The van der Waals surface area contributed by atoms with E-state index in [-0.39, 0.29) is 5.56 Å². The van der Waals surface area contributed by atoms with Crippen molar-refractivity contribution in [3.63, 3.8) is 0 Å². The molecule has 0 radical (unpaired) electrons. The first-order valence-electron chi connectivity index (χ1n) is 6.22. The van der Waals surface area contributed by atoms with Crippen molar-refractivity contribution in [2.75, 3.05) is 0 Å². The highest BCUT2D eigenvalue weighted by atomic mass is 16.5. The Morgan fingerprint density at radius 2 is 2.19 bits per heavy atom. The van der Waals surface area contributed by atoms with Crippen molar-refractivity contribution in [3.05, 3.63) is 41.7 Å². The van der Waals surface area contributed by atoms with Gasteiger partial charge in [-0.05, 0) is 19.1 Å². The fraction of sp³-hybridized carbons (Fsp3) is 0.143. The third kappa shape index (κ3) is 2.29. The third-order valence-corrected chi connectivity index (χ3v) is 3.26. The quantitative estimate of drug-likeness (QED) is 0.791. The molecule has 0 aliphatic carbocycles. The van der Waals surface area contributed by atoms with Gasteiger partial charge in [0.15, 0.2) is 0 Å². The van der Waals surface area contributed by atoms with Crippen LogP contribution in [0.15, 0.2) is 35.0 Å². The minimum absolute atomic E-state index is 0.177. The summed E-state index contributed by atoms with van der Waals surface area (Å²) >= 11 is 0. The number of aromatic carboxylic acids is 1. The predicted molar refractivity (Wildman–Crippen MR) is 73.6 cm³/mol. The van der Waals surface area contributed by atoms with Crippen LogP contribution in [0.5, 0.6) is 0 Å². The number of rotatable bonds is 3. The van der Waals surface area contributed by atoms with Gasteiger partial charge in [-0.25, -0.2) is 4.79 Å². The number of carboxylic acids is 1. The maximum absolute atomic E-state index is 11.0. The Morgan fingerprint density at radius 1 is 1.38 bits per heavy atom. The van der Waals surface area contributed by atoms with E-state index in [0.29, 0.717) is 17.3 Å². The van der Waals surface area contributed by atoms with Gasteiger partial charge in [0.25, 0.3) is 5.89 Å². The largest absolute Gasteiger partial charge is 0.478 e. The van der Waals surface area contributed by atoms with Crippen molar-refractivity contribution in [1.82, 2.24) is 19.9 Å². The maximum atomic E-state index is 11.0. The van der Waals surface area contributed by atoms with Crippen LogP contribution < -0.4 is 0 Å². The zero-order valence-corrected chi connectivity index (χ0v) is 11.4. The fourth-order valence-corrected chi connectivity index (χ4v) is 1.95. The summed E-state index contributed by atoms with van der Waals surface area (Å²) in [6.07, 6.45) is 1.65. The third-order valence-electron chi connectivity index (χ3n) is 3.26. The molecule has 21 heavy (non-hydrogen) atoms. The molecule has 1 N–H and O–H groups in total. The monoisotopic (exact) mass is 284 g/mol. The number of hydrogen-bond donors (Lipinski definition) is 1. The molecule has 0 atom stereocenters. The van der Waals surface area contributed by atoms with Crippen molar-refractivity contribution in [1.29, 1.82) is 0 Å². The molecule has 0 fully saturated rings. The number of aromatic nitrogens is 4. The van der Waals surface area contributed by atoms with Crippen LogP contribution in [0.1, 0.15) is 16.1 Å². The predicted octanol–water partition coefficient (Wildman–Crippen LogP) is 2.14. The zero-order valence-electron chi connectivity index (χ0n) is 11.4. The average molecular weight is 284 g/mol. The Morgan fingerprint density at radius 3 is 2.86 bits per heavy atom. The molecule has 7 heteroatoms. The second-order valence-electron chi connectivity index (χ2n) is 4.58. The minimum Gasteiger partial charge on any atom is -0.478 e. The molecule has 106 valence electrons. The summed E-state index contributed by atoms with van der Waals surface area (Å²) < 4.78 is 6.95. The van der Waals surface area contributed by atoms with Crippen molar-refractivity contribution < 1.29 is 14.4 Å². The van der Waals surface area contributed by atoms with E-state index in [0.717, 1.165) is 11.3 Å². The number of nitrogens with zero attached hydrogens (tertiary/aromatic N) is 4. The summed E-state index contributed by atoms with van der Waals surface area (Å²) in [6, 6.07) is 6.40. The Kier molecular flexibility index (Phi) is 3.02. The smallest absolute Gasteiger partial charge is 0.335 e. The van der Waals surface area contributed by atoms with Crippen LogP contribution in [-0.2, 0) is 7.05 Å². The average Bonchev–Trinajstić information content (AvgIpc) is 3.07. The molecule has 0 saturated heterocycles. The summed E-state index contributed by atoms with van der Waals surface area (Å²) in [5.74, 6) is -0.295. The van der Waals surface area contributed by atoms with Gasteiger partial charge in [0.1, 0.15) is 0 Å². The lowest BCUT2D eigenvalue weighted by atomic mass is 10.1. The molecule has 3 aromatic rings. The molecule has 0 spiro atoms. The summed E-state index contributed by atoms with van der Waals surface area (Å²) in [6.45, 7) is 1.90. The van der Waals surface area contributed by atoms with Gasteiger partial charge in [-0.3, -0.25) is 4.68 Å². The van der Waals surface area contributed by atoms with E-state index >= 15 is 0 Å². The van der Waals surface area contributed by atoms with E-state index < -0.39 is 5.97 Å². The number of carbonyl (C=O) groups is 1. The highest BCUT2D eigenvalue weighted by Crippen LogP contribution is 2.24. The van der Waals surface area contributed by atoms with Crippen LogP contribution in [0, 0.1) is 6.92 Å². The lowest BCUT2D eigenvalue weighted by molar-refractivity contribution is 0.0697. The lowest BCUT2D eigenvalue weighted by Crippen LogP contribution is -1.96. The molecule has 0 saturated carbocycles. The first kappa shape index (κ1) is 13.0. The van der Waals surface area contributed by atoms with E-state index in [9.17, 15) is 4.79 Å². The van der Waals surface area contributed by atoms with Crippen LogP contribution in [0.3, 0.4) is 0 Å². The molecular weight excluding hydrogens is 272 g/mol. The summed E-state index contributed by atoms with van der Waals surface area (Å²) in [7, 11) is 1.83. The number of benzene rings is 1. The van der Waals surface area contributed by atoms with Gasteiger partial charge < -0.3 is 9.63 Å². The number of aryl methyl sites for hydroxylation is 1. The van der Waals surface area contributed by atoms with E-state index in [1.807, 2.05) is 14.0 Å². The SMILES string of the molecule is Cc1c(-c2nc(-c3cccc(C(=O)O)c3)no2)cnn1C. The van der Waals surface area contributed by atoms with E-state index in [4.69, 9.17) is 9.63 Å². The Bertz CT molecular complexity index is 819. The van der Waals surface area contributed by atoms with Gasteiger partial charge in [0, 0.05) is 18.3 Å². The number of hydrogen-bond acceptors (Lipinski definition) is 5. The normalized spacial score (nSPS) is 10.8. The number of carboxylic acid groups (broad SMARTS) is 1. The fourth-order valence-electron chi connectivity index (χ4n) is 1.95. The molecule has 0 amide bonds. The minimum atomic E-state index is -0.997. The molecule has 1 aromatic carbocycles. The molecular formula is C14H12N4O3. The zero-order chi connectivity index (χ0) is 15.0. The van der Waals surface area contributed by atoms with Crippen molar-refractivity contribution >= 4 is 5.97 Å². The molecule has 2 heterocycles. The second kappa shape index (κ2) is 4.86. The first-order valence-corrected chi connectivity index (χ1v) is 6.22. The van der Waals surface area contributed by atoms with Crippen LogP contribution >= 0.6 is 0 Å². The van der Waals surface area contributed by atoms with Gasteiger partial charge in [0.2, 0.25) is 5.82 Å². The van der Waals surface area contributed by atoms with Crippen LogP contribution in [0.4, 0.5) is 0 Å². The van der Waals surface area contributed by atoms with Crippen LogP contribution in [-0.4, -0.2) is 31.0 Å². The van der Waals surface area contributed by atoms with Crippen LogP contribution in [0.2, 0.25) is 0 Å². The lowest BCUT2D eigenvalue weighted by Gasteiger charge is -1.96. The highest BCUT2D eigenvalue weighted by molar-refractivity contribution is 5.89. The van der Waals surface area contributed by atoms with Gasteiger partial charge >= 0.3 is 5.97 Å². The van der Waals surface area contributed by atoms with Crippen molar-refractivity contribution in [2.24, 2.45) is 7.05 Å². The summed E-state index contributed by atoms with van der Waals surface area (Å²) in [4.78, 5) is 15.3. The molecule has 3 rings (SSSR count). The molecule has 0 aliphatic rings. The van der Waals surface area contributed by atoms with Gasteiger partial charge in [-0.2, -0.15) is 10.1 Å². The molecule has 7 nitrogen and oxygen atoms in total. The topological polar surface area (TPSA) is 94.0 Å². The second-order valence-corrected chi connectivity index (χ2v) is 4.58. The van der Waals surface area contributed by atoms with Gasteiger partial charge in [-0.1, -0.05) is 17.3 Å². The molecule has 0 unspecified atom stereocenters. The molecule has 2 aromatic heterocycles. The van der Waals surface area contributed by atoms with Gasteiger partial charge in [0.05, 0.1) is 17.3 Å². The van der Waals surface area contributed by atoms with E-state index in [1.54, 1.807) is 23.0 Å². The summed E-state index contributed by atoms with van der Waals surface area (Å²) in [5, 5.41) is 17.0. The highest BCUT2D eigenvalue weighted by Gasteiger charge is 2.16. The molecule has 0 aliphatic heterocycles. The van der Waals surface area contributed by atoms with E-state index in [2.05, 4.69) is 15.2 Å². The standard InChI is InChI=1S/C14H12N4O3/c1-8-11(7-15-18(8)2)13-16-12(17-21-13)9-4-3-5-10(6-9)14(19)20/h3-7H,1-2H3,(H,19,20). The van der Waals surface area contributed by atoms with Crippen molar-refractivity contribution in [2.45, 2.75) is 6.92 Å². The van der Waals surface area contributed by atoms with Gasteiger partial charge in [-0.15, -0.1) is 0 Å². The van der Waals surface area contributed by atoms with Crippen molar-refractivity contribution in [3.8, 4) is 22.8 Å². The molecule has 0 bridgehead atoms. The first-order chi connectivity index (χ1) is 10.1. The van der Waals surface area contributed by atoms with E-state index in [1.165, 1.54) is 12.1 Å². The summed E-state index contributed by atoms with van der Waals surface area (Å²) in [5.41, 5.74) is 2.43. The van der Waals surface area contributed by atoms with Crippen LogP contribution in [0.25, 0.3) is 22.8 Å². The Hall–Kier alpha value is -2.96. The Balaban J connectivity index is 2.00.